The van der Waals surface area contributed by atoms with Crippen LogP contribution in [0.3, 0.4) is 0 Å². The quantitative estimate of drug-likeness (QED) is 0.737. The van der Waals surface area contributed by atoms with Gasteiger partial charge in [-0.2, -0.15) is 0 Å². The molecule has 1 aliphatic rings. The zero-order valence-electron chi connectivity index (χ0n) is 13.8. The summed E-state index contributed by atoms with van der Waals surface area (Å²) in [5.41, 5.74) is 1.57. The fraction of sp³-hybridized carbons (Fsp3) is 0.316. The Balaban J connectivity index is 1.58. The maximum Gasteiger partial charge on any atom is 0.233 e. The Hall–Kier alpha value is -2.76. The van der Waals surface area contributed by atoms with E-state index in [-0.39, 0.29) is 24.2 Å². The van der Waals surface area contributed by atoms with E-state index >= 15 is 0 Å². The Morgan fingerprint density at radius 2 is 2.16 bits per heavy atom. The van der Waals surface area contributed by atoms with E-state index < -0.39 is 0 Å². The molecule has 1 atom stereocenters. The Morgan fingerprint density at radius 1 is 1.24 bits per heavy atom. The van der Waals surface area contributed by atoms with E-state index in [4.69, 9.17) is 0 Å². The van der Waals surface area contributed by atoms with E-state index in [1.54, 1.807) is 18.3 Å². The Bertz CT molecular complexity index is 907. The van der Waals surface area contributed by atoms with Crippen molar-refractivity contribution in [2.24, 2.45) is 0 Å². The number of carbonyl (C=O) groups is 1. The fourth-order valence-corrected chi connectivity index (χ4v) is 3.46. The molecule has 0 radical (unpaired) electrons. The molecule has 6 heteroatoms. The Morgan fingerprint density at radius 3 is 3.04 bits per heavy atom. The van der Waals surface area contributed by atoms with E-state index in [9.17, 15) is 9.18 Å². The lowest BCUT2D eigenvalue weighted by molar-refractivity contribution is -0.134. The summed E-state index contributed by atoms with van der Waals surface area (Å²) in [6.07, 6.45) is 8.62. The van der Waals surface area contributed by atoms with E-state index in [1.165, 1.54) is 12.1 Å². The molecule has 0 bridgehead atoms. The van der Waals surface area contributed by atoms with Crippen molar-refractivity contribution in [3.8, 4) is 0 Å². The zero-order valence-corrected chi connectivity index (χ0v) is 13.8. The van der Waals surface area contributed by atoms with Gasteiger partial charge >= 0.3 is 0 Å². The second kappa shape index (κ2) is 6.63. The first-order valence-electron chi connectivity index (χ1n) is 8.54. The number of fused-ring (bicyclic) bond motifs is 1. The van der Waals surface area contributed by atoms with Crippen LogP contribution in [0.2, 0.25) is 0 Å². The van der Waals surface area contributed by atoms with Crippen LogP contribution >= 0.6 is 0 Å². The first-order chi connectivity index (χ1) is 12.2. The number of benzene rings is 1. The van der Waals surface area contributed by atoms with Crippen LogP contribution in [0, 0.1) is 5.82 Å². The first-order valence-corrected chi connectivity index (χ1v) is 8.54. The summed E-state index contributed by atoms with van der Waals surface area (Å²) in [5, 5.41) is 0. The number of piperidine rings is 1. The topological polar surface area (TPSA) is 50.5 Å². The SMILES string of the molecule is O=C(Cc1cccc(F)c1)N1CCCCC1c1ccn2ccnc2n1. The van der Waals surface area contributed by atoms with Crippen LogP contribution in [-0.2, 0) is 11.2 Å². The normalized spacial score (nSPS) is 17.8. The molecule has 0 aliphatic carbocycles. The van der Waals surface area contributed by atoms with E-state index in [0.29, 0.717) is 17.9 Å². The van der Waals surface area contributed by atoms with Gasteiger partial charge < -0.3 is 4.90 Å². The van der Waals surface area contributed by atoms with Gasteiger partial charge in [-0.25, -0.2) is 14.4 Å². The molecule has 0 spiro atoms. The number of halogens is 1. The van der Waals surface area contributed by atoms with Crippen molar-refractivity contribution < 1.29 is 9.18 Å². The van der Waals surface area contributed by atoms with Gasteiger partial charge in [0, 0.05) is 25.1 Å². The van der Waals surface area contributed by atoms with E-state index in [1.807, 2.05) is 27.8 Å². The summed E-state index contributed by atoms with van der Waals surface area (Å²) >= 11 is 0. The third-order valence-corrected chi connectivity index (χ3v) is 4.69. The minimum atomic E-state index is -0.313. The highest BCUT2D eigenvalue weighted by Crippen LogP contribution is 2.30. The van der Waals surface area contributed by atoms with Crippen molar-refractivity contribution in [3.63, 3.8) is 0 Å². The van der Waals surface area contributed by atoms with Crippen molar-refractivity contribution in [3.05, 3.63) is 66.0 Å². The summed E-state index contributed by atoms with van der Waals surface area (Å²) in [7, 11) is 0. The number of aromatic nitrogens is 3. The summed E-state index contributed by atoms with van der Waals surface area (Å²) in [6.45, 7) is 0.708. The number of hydrogen-bond donors (Lipinski definition) is 0. The van der Waals surface area contributed by atoms with Gasteiger partial charge in [-0.05, 0) is 43.0 Å². The lowest BCUT2D eigenvalue weighted by atomic mass is 9.98. The van der Waals surface area contributed by atoms with Gasteiger partial charge in [-0.15, -0.1) is 0 Å². The number of carbonyl (C=O) groups excluding carboxylic acids is 1. The van der Waals surface area contributed by atoms with Crippen LogP contribution in [0.25, 0.3) is 5.78 Å². The van der Waals surface area contributed by atoms with E-state index in [2.05, 4.69) is 9.97 Å². The average Bonchev–Trinajstić information content (AvgIpc) is 3.09. The predicted octanol–water partition coefficient (Wildman–Crippen LogP) is 3.16. The van der Waals surface area contributed by atoms with E-state index in [0.717, 1.165) is 25.0 Å². The molecule has 0 N–H and O–H groups in total. The number of imidazole rings is 1. The fourth-order valence-electron chi connectivity index (χ4n) is 3.46. The van der Waals surface area contributed by atoms with Crippen LogP contribution in [-0.4, -0.2) is 31.7 Å². The molecule has 1 unspecified atom stereocenters. The van der Waals surface area contributed by atoms with Crippen LogP contribution in [0.1, 0.15) is 36.6 Å². The highest BCUT2D eigenvalue weighted by molar-refractivity contribution is 5.79. The molecule has 3 aromatic rings. The molecule has 1 fully saturated rings. The van der Waals surface area contributed by atoms with Crippen molar-refractivity contribution in [1.29, 1.82) is 0 Å². The largest absolute Gasteiger partial charge is 0.334 e. The standard InChI is InChI=1S/C19H19FN4O/c20-15-5-3-4-14(12-15)13-18(25)24-9-2-1-6-17(24)16-7-10-23-11-8-21-19(23)22-16/h3-5,7-8,10-12,17H,1-2,6,9,13H2. The third-order valence-electron chi connectivity index (χ3n) is 4.69. The third kappa shape index (κ3) is 3.24. The van der Waals surface area contributed by atoms with Gasteiger partial charge in [0.05, 0.1) is 18.2 Å². The molecule has 1 amide bonds. The van der Waals surface area contributed by atoms with Crippen molar-refractivity contribution in [2.75, 3.05) is 6.54 Å². The highest BCUT2D eigenvalue weighted by Gasteiger charge is 2.29. The molecule has 1 aliphatic heterocycles. The predicted molar refractivity (Wildman–Crippen MR) is 91.4 cm³/mol. The summed E-state index contributed by atoms with van der Waals surface area (Å²) < 4.78 is 15.2. The molecular formula is C19H19FN4O. The van der Waals surface area contributed by atoms with Crippen molar-refractivity contribution in [2.45, 2.75) is 31.7 Å². The average molecular weight is 338 g/mol. The molecule has 5 nitrogen and oxygen atoms in total. The first kappa shape index (κ1) is 15.7. The van der Waals surface area contributed by atoms with Crippen LogP contribution in [0.15, 0.2) is 48.9 Å². The van der Waals surface area contributed by atoms with Gasteiger partial charge in [0.25, 0.3) is 0 Å². The second-order valence-corrected chi connectivity index (χ2v) is 6.39. The number of likely N-dealkylation sites (tertiary alicyclic amines) is 1. The molecule has 25 heavy (non-hydrogen) atoms. The minimum Gasteiger partial charge on any atom is -0.334 e. The lowest BCUT2D eigenvalue weighted by Crippen LogP contribution is -2.39. The van der Waals surface area contributed by atoms with Crippen molar-refractivity contribution in [1.82, 2.24) is 19.3 Å². The van der Waals surface area contributed by atoms with Gasteiger partial charge in [0.2, 0.25) is 11.7 Å². The van der Waals surface area contributed by atoms with Crippen LogP contribution in [0.5, 0.6) is 0 Å². The summed E-state index contributed by atoms with van der Waals surface area (Å²) in [6, 6.07) is 8.14. The van der Waals surface area contributed by atoms with Crippen molar-refractivity contribution >= 4 is 11.7 Å². The van der Waals surface area contributed by atoms with Crippen LogP contribution < -0.4 is 0 Å². The highest BCUT2D eigenvalue weighted by atomic mass is 19.1. The minimum absolute atomic E-state index is 0.0142. The smallest absolute Gasteiger partial charge is 0.233 e. The molecular weight excluding hydrogens is 319 g/mol. The lowest BCUT2D eigenvalue weighted by Gasteiger charge is -2.35. The number of nitrogens with zero attached hydrogens (tertiary/aromatic N) is 4. The molecule has 3 heterocycles. The maximum atomic E-state index is 13.4. The molecule has 128 valence electrons. The second-order valence-electron chi connectivity index (χ2n) is 6.39. The molecule has 1 aromatic carbocycles. The van der Waals surface area contributed by atoms with Gasteiger partial charge in [-0.3, -0.25) is 9.20 Å². The van der Waals surface area contributed by atoms with Crippen LogP contribution in [0.4, 0.5) is 4.39 Å². The zero-order chi connectivity index (χ0) is 17.2. The molecule has 1 saturated heterocycles. The van der Waals surface area contributed by atoms with Gasteiger partial charge in [0.15, 0.2) is 0 Å². The monoisotopic (exact) mass is 338 g/mol. The molecule has 2 aromatic heterocycles. The molecule has 0 saturated carbocycles. The summed E-state index contributed by atoms with van der Waals surface area (Å²) in [5.74, 6) is 0.341. The van der Waals surface area contributed by atoms with Gasteiger partial charge in [0.1, 0.15) is 5.82 Å². The molecule has 4 rings (SSSR count). The van der Waals surface area contributed by atoms with Gasteiger partial charge in [-0.1, -0.05) is 12.1 Å². The maximum absolute atomic E-state index is 13.4. The summed E-state index contributed by atoms with van der Waals surface area (Å²) in [4.78, 5) is 23.6. The number of hydrogen-bond acceptors (Lipinski definition) is 3. The number of rotatable bonds is 3. The Labute approximate surface area is 145 Å². The Kier molecular flexibility index (Phi) is 4.17. The number of amides is 1.